The monoisotopic (exact) mass is 475 g/mol. The summed E-state index contributed by atoms with van der Waals surface area (Å²) in [5, 5.41) is 28.1. The van der Waals surface area contributed by atoms with E-state index < -0.39 is 17.4 Å². The van der Waals surface area contributed by atoms with E-state index in [0.717, 1.165) is 30.4 Å². The molecular formula is C24H26FN9O. The Hall–Kier alpha value is -4.30. The number of carbonyl (C=O) groups is 1. The van der Waals surface area contributed by atoms with Gasteiger partial charge >= 0.3 is 0 Å². The zero-order valence-electron chi connectivity index (χ0n) is 19.0. The highest BCUT2D eigenvalue weighted by atomic mass is 19.1. The Morgan fingerprint density at radius 3 is 2.80 bits per heavy atom. The van der Waals surface area contributed by atoms with Gasteiger partial charge in [0.05, 0.1) is 34.8 Å². The van der Waals surface area contributed by atoms with Crippen molar-refractivity contribution in [2.24, 2.45) is 5.73 Å². The van der Waals surface area contributed by atoms with Crippen molar-refractivity contribution < 1.29 is 9.18 Å². The molecule has 0 saturated carbocycles. The Bertz CT molecular complexity index is 1270. The van der Waals surface area contributed by atoms with Gasteiger partial charge in [0.1, 0.15) is 5.84 Å². The van der Waals surface area contributed by atoms with Gasteiger partial charge in [-0.25, -0.2) is 9.50 Å². The first kappa shape index (κ1) is 23.8. The second kappa shape index (κ2) is 10.3. The molecule has 1 aliphatic heterocycles. The number of aromatic nitrogens is 3. The summed E-state index contributed by atoms with van der Waals surface area (Å²) in [5.74, 6) is -1.82. The van der Waals surface area contributed by atoms with Gasteiger partial charge in [-0.2, -0.15) is 14.8 Å². The third-order valence-corrected chi connectivity index (χ3v) is 6.09. The average molecular weight is 476 g/mol. The van der Waals surface area contributed by atoms with E-state index in [4.69, 9.17) is 11.1 Å². The molecule has 0 unspecified atom stereocenters. The zero-order valence-corrected chi connectivity index (χ0v) is 19.0. The summed E-state index contributed by atoms with van der Waals surface area (Å²) in [6, 6.07) is 12.8. The maximum Gasteiger partial charge on any atom is 0.253 e. The van der Waals surface area contributed by atoms with Crippen LogP contribution in [0.2, 0.25) is 0 Å². The Morgan fingerprint density at radius 2 is 2.11 bits per heavy atom. The number of fused-ring (bicyclic) bond motifs is 1. The second-order valence-electron chi connectivity index (χ2n) is 8.53. The Kier molecular flexibility index (Phi) is 7.03. The zero-order chi connectivity index (χ0) is 24.8. The molecule has 10 nitrogen and oxygen atoms in total. The highest BCUT2D eigenvalue weighted by Gasteiger charge is 2.34. The number of primary amides is 1. The fraction of sp³-hybridized carbons (Fsp3) is 0.292. The third-order valence-electron chi connectivity index (χ3n) is 6.09. The van der Waals surface area contributed by atoms with Gasteiger partial charge < -0.3 is 16.4 Å². The Labute approximate surface area is 201 Å². The number of rotatable bonds is 8. The second-order valence-corrected chi connectivity index (χ2v) is 8.53. The van der Waals surface area contributed by atoms with Crippen LogP contribution in [-0.2, 0) is 11.3 Å². The SMILES string of the molecule is N#CCC1(N/C=C(\C(=N)Nc2ccnc(F)c2)C(N)=O)CCN(Cc2cc3ccccn3n2)CC1. The third kappa shape index (κ3) is 5.80. The molecule has 4 heterocycles. The van der Waals surface area contributed by atoms with Crippen molar-refractivity contribution in [2.45, 2.75) is 31.3 Å². The van der Waals surface area contributed by atoms with Gasteiger partial charge in [0.15, 0.2) is 0 Å². The summed E-state index contributed by atoms with van der Waals surface area (Å²) in [4.78, 5) is 17.8. The highest BCUT2D eigenvalue weighted by molar-refractivity contribution is 6.23. The standard InChI is InChI=1S/C24H26FN9O/c25-21-14-17(4-9-29-21)31-22(27)20(23(28)35)15-30-24(5-8-26)6-11-33(12-7-24)16-18-13-19-3-1-2-10-34(19)32-18/h1-4,9-10,13-15,30H,5-7,11-12,16H2,(H2,28,35)(H2,27,29,31)/b20-15+. The normalized spacial score (nSPS) is 15.9. The molecule has 1 amide bonds. The summed E-state index contributed by atoms with van der Waals surface area (Å²) in [6.07, 6.45) is 6.09. The smallest absolute Gasteiger partial charge is 0.253 e. The number of pyridine rings is 2. The number of nitriles is 1. The van der Waals surface area contributed by atoms with E-state index in [0.29, 0.717) is 19.4 Å². The molecule has 0 bridgehead atoms. The molecule has 180 valence electrons. The number of nitrogens with one attached hydrogen (secondary N) is 3. The number of likely N-dealkylation sites (tertiary alicyclic amines) is 1. The highest BCUT2D eigenvalue weighted by Crippen LogP contribution is 2.27. The number of nitrogens with zero attached hydrogens (tertiary/aromatic N) is 5. The van der Waals surface area contributed by atoms with Gasteiger partial charge in [0.25, 0.3) is 5.91 Å². The molecule has 1 fully saturated rings. The Balaban J connectivity index is 1.41. The van der Waals surface area contributed by atoms with Crippen LogP contribution in [-0.4, -0.2) is 49.9 Å². The lowest BCUT2D eigenvalue weighted by Crippen LogP contribution is -2.51. The lowest BCUT2D eigenvalue weighted by Gasteiger charge is -2.41. The molecule has 1 aliphatic rings. The van der Waals surface area contributed by atoms with Crippen molar-refractivity contribution >= 4 is 22.9 Å². The summed E-state index contributed by atoms with van der Waals surface area (Å²) in [6.45, 7) is 2.16. The Morgan fingerprint density at radius 1 is 1.31 bits per heavy atom. The van der Waals surface area contributed by atoms with E-state index in [1.807, 2.05) is 28.9 Å². The van der Waals surface area contributed by atoms with Crippen LogP contribution in [0.4, 0.5) is 10.1 Å². The maximum atomic E-state index is 13.3. The largest absolute Gasteiger partial charge is 0.384 e. The van der Waals surface area contributed by atoms with Crippen LogP contribution in [0.25, 0.3) is 5.52 Å². The molecule has 0 aromatic carbocycles. The number of carbonyl (C=O) groups excluding carboxylic acids is 1. The van der Waals surface area contributed by atoms with Crippen molar-refractivity contribution in [2.75, 3.05) is 18.4 Å². The number of nitrogens with two attached hydrogens (primary N) is 1. The van der Waals surface area contributed by atoms with Gasteiger partial charge in [-0.1, -0.05) is 6.07 Å². The minimum absolute atomic E-state index is 0.105. The van der Waals surface area contributed by atoms with Gasteiger partial charge in [0.2, 0.25) is 5.95 Å². The minimum Gasteiger partial charge on any atom is -0.384 e. The van der Waals surface area contributed by atoms with Crippen molar-refractivity contribution in [3.05, 3.63) is 72.2 Å². The van der Waals surface area contributed by atoms with Gasteiger partial charge in [-0.15, -0.1) is 0 Å². The van der Waals surface area contributed by atoms with Crippen LogP contribution in [0.15, 0.2) is 60.6 Å². The van der Waals surface area contributed by atoms with Crippen molar-refractivity contribution in [1.29, 1.82) is 10.7 Å². The molecular weight excluding hydrogens is 449 g/mol. The van der Waals surface area contributed by atoms with Crippen molar-refractivity contribution in [1.82, 2.24) is 24.8 Å². The first-order valence-electron chi connectivity index (χ1n) is 11.2. The molecule has 0 radical (unpaired) electrons. The van der Waals surface area contributed by atoms with Crippen LogP contribution >= 0.6 is 0 Å². The van der Waals surface area contributed by atoms with Gasteiger partial charge in [0, 0.05) is 50.0 Å². The summed E-state index contributed by atoms with van der Waals surface area (Å²) < 4.78 is 15.2. The average Bonchev–Trinajstić information content (AvgIpc) is 3.23. The lowest BCUT2D eigenvalue weighted by atomic mass is 9.84. The number of piperidine rings is 1. The molecule has 0 atom stereocenters. The van der Waals surface area contributed by atoms with Crippen LogP contribution in [0.1, 0.15) is 25.0 Å². The molecule has 0 aliphatic carbocycles. The molecule has 1 saturated heterocycles. The molecule has 4 rings (SSSR count). The van der Waals surface area contributed by atoms with E-state index in [9.17, 15) is 14.4 Å². The molecule has 35 heavy (non-hydrogen) atoms. The first-order valence-corrected chi connectivity index (χ1v) is 11.2. The molecule has 11 heteroatoms. The maximum absolute atomic E-state index is 13.3. The molecule has 5 N–H and O–H groups in total. The quantitative estimate of drug-likeness (QED) is 0.169. The topological polar surface area (TPSA) is 148 Å². The molecule has 3 aromatic rings. The molecule has 3 aromatic heterocycles. The van der Waals surface area contributed by atoms with Gasteiger partial charge in [-0.05, 0) is 37.1 Å². The van der Waals surface area contributed by atoms with E-state index in [2.05, 4.69) is 37.8 Å². The van der Waals surface area contributed by atoms with Crippen LogP contribution in [0, 0.1) is 22.7 Å². The number of amidine groups is 1. The van der Waals surface area contributed by atoms with E-state index in [-0.39, 0.29) is 23.5 Å². The number of hydrogen-bond acceptors (Lipinski definition) is 7. The fourth-order valence-corrected chi connectivity index (χ4v) is 4.14. The van der Waals surface area contributed by atoms with E-state index >= 15 is 0 Å². The number of anilines is 1. The first-order chi connectivity index (χ1) is 16.9. The van der Waals surface area contributed by atoms with Gasteiger partial charge in [-0.3, -0.25) is 15.1 Å². The lowest BCUT2D eigenvalue weighted by molar-refractivity contribution is -0.114. The van der Waals surface area contributed by atoms with Crippen LogP contribution in [0.3, 0.4) is 0 Å². The predicted octanol–water partition coefficient (Wildman–Crippen LogP) is 2.16. The minimum atomic E-state index is -0.819. The van der Waals surface area contributed by atoms with Crippen LogP contribution < -0.4 is 16.4 Å². The predicted molar refractivity (Wildman–Crippen MR) is 129 cm³/mol. The summed E-state index contributed by atoms with van der Waals surface area (Å²) >= 11 is 0. The van der Waals surface area contributed by atoms with Crippen molar-refractivity contribution in [3.63, 3.8) is 0 Å². The number of amides is 1. The van der Waals surface area contributed by atoms with E-state index in [1.54, 1.807) is 0 Å². The molecule has 0 spiro atoms. The summed E-state index contributed by atoms with van der Waals surface area (Å²) in [7, 11) is 0. The number of halogens is 1. The van der Waals surface area contributed by atoms with E-state index in [1.165, 1.54) is 18.5 Å². The summed E-state index contributed by atoms with van der Waals surface area (Å²) in [5.41, 5.74) is 7.10. The van der Waals surface area contributed by atoms with Crippen LogP contribution in [0.5, 0.6) is 0 Å². The fourth-order valence-electron chi connectivity index (χ4n) is 4.14. The van der Waals surface area contributed by atoms with Crippen molar-refractivity contribution in [3.8, 4) is 6.07 Å². The number of hydrogen-bond donors (Lipinski definition) is 4.